The van der Waals surface area contributed by atoms with Gasteiger partial charge in [-0.05, 0) is 50.2 Å². The van der Waals surface area contributed by atoms with Crippen LogP contribution in [0.3, 0.4) is 0 Å². The van der Waals surface area contributed by atoms with E-state index in [1.807, 2.05) is 19.1 Å². The number of hydrazone groups is 1. The second kappa shape index (κ2) is 10.9. The van der Waals surface area contributed by atoms with Gasteiger partial charge in [0.1, 0.15) is 12.4 Å². The molecule has 0 heterocycles. The van der Waals surface area contributed by atoms with Crippen LogP contribution in [0.25, 0.3) is 0 Å². The third-order valence-corrected chi connectivity index (χ3v) is 4.76. The lowest BCUT2D eigenvalue weighted by Gasteiger charge is -2.13. The van der Waals surface area contributed by atoms with Crippen molar-refractivity contribution in [2.24, 2.45) is 5.10 Å². The van der Waals surface area contributed by atoms with E-state index in [0.717, 1.165) is 5.56 Å². The monoisotopic (exact) mass is 449 g/mol. The molecule has 0 fully saturated rings. The average Bonchev–Trinajstić information content (AvgIpc) is 2.83. The highest BCUT2D eigenvalue weighted by Crippen LogP contribution is 2.29. The summed E-state index contributed by atoms with van der Waals surface area (Å²) in [5.41, 5.74) is 5.31. The summed E-state index contributed by atoms with van der Waals surface area (Å²) in [5.74, 6) is -1.23. The van der Waals surface area contributed by atoms with Crippen molar-refractivity contribution < 1.29 is 23.5 Å². The van der Waals surface area contributed by atoms with Crippen molar-refractivity contribution in [1.29, 1.82) is 0 Å². The quantitative estimate of drug-likeness (QED) is 0.321. The number of amides is 2. The molecule has 0 aliphatic carbocycles. The summed E-state index contributed by atoms with van der Waals surface area (Å²) in [6.45, 7) is 3.64. The Kier molecular flexibility index (Phi) is 7.75. The summed E-state index contributed by atoms with van der Waals surface area (Å²) in [7, 11) is 1.48. The van der Waals surface area contributed by atoms with Gasteiger partial charge >= 0.3 is 11.8 Å². The molecular weight excluding hydrogens is 425 g/mol. The number of halogens is 1. The van der Waals surface area contributed by atoms with Crippen molar-refractivity contribution in [2.75, 3.05) is 12.4 Å². The van der Waals surface area contributed by atoms with Gasteiger partial charge in [0, 0.05) is 16.8 Å². The van der Waals surface area contributed by atoms with Crippen molar-refractivity contribution in [3.05, 3.63) is 89.2 Å². The van der Waals surface area contributed by atoms with Crippen LogP contribution in [0, 0.1) is 12.7 Å². The molecule has 0 aromatic heterocycles. The minimum Gasteiger partial charge on any atom is -0.493 e. The van der Waals surface area contributed by atoms with Crippen molar-refractivity contribution in [3.63, 3.8) is 0 Å². The Hall–Kier alpha value is -4.20. The van der Waals surface area contributed by atoms with E-state index in [9.17, 15) is 14.0 Å². The van der Waals surface area contributed by atoms with Crippen LogP contribution in [-0.4, -0.2) is 24.6 Å². The predicted octanol–water partition coefficient (Wildman–Crippen LogP) is 4.20. The zero-order valence-corrected chi connectivity index (χ0v) is 18.5. The first-order valence-electron chi connectivity index (χ1n) is 10.1. The second-order valence-corrected chi connectivity index (χ2v) is 7.20. The Labute approximate surface area is 191 Å². The summed E-state index contributed by atoms with van der Waals surface area (Å²) in [6.07, 6.45) is 0. The molecule has 3 aromatic carbocycles. The molecule has 3 aromatic rings. The molecule has 0 atom stereocenters. The maximum atomic E-state index is 13.8. The average molecular weight is 449 g/mol. The number of nitrogens with zero attached hydrogens (tertiary/aromatic N) is 1. The van der Waals surface area contributed by atoms with E-state index in [1.54, 1.807) is 55.5 Å². The maximum Gasteiger partial charge on any atom is 0.329 e. The van der Waals surface area contributed by atoms with Gasteiger partial charge < -0.3 is 14.8 Å². The fourth-order valence-corrected chi connectivity index (χ4v) is 2.86. The molecule has 2 amide bonds. The first kappa shape index (κ1) is 23.5. The molecule has 3 rings (SSSR count). The standard InChI is InChI=1S/C25H24FN3O4/c1-16-8-11-20(12-9-16)27-24(30)25(31)29-28-17(2)18-10-13-22(23(14-18)32-3)33-15-19-6-4-5-7-21(19)26/h4-14H,15H2,1-3H3,(H,27,30)(H,29,31)/b28-17+. The highest BCUT2D eigenvalue weighted by Gasteiger charge is 2.14. The number of hydrogen-bond acceptors (Lipinski definition) is 5. The number of ether oxygens (including phenoxy) is 2. The fraction of sp³-hybridized carbons (Fsp3) is 0.160. The summed E-state index contributed by atoms with van der Waals surface area (Å²) >= 11 is 0. The number of carbonyl (C=O) groups excluding carboxylic acids is 2. The molecule has 7 nitrogen and oxygen atoms in total. The highest BCUT2D eigenvalue weighted by atomic mass is 19.1. The molecule has 0 bridgehead atoms. The Bertz CT molecular complexity index is 1180. The van der Waals surface area contributed by atoms with Gasteiger partial charge in [0.05, 0.1) is 12.8 Å². The lowest BCUT2D eigenvalue weighted by atomic mass is 10.1. The second-order valence-electron chi connectivity index (χ2n) is 7.20. The van der Waals surface area contributed by atoms with Crippen molar-refractivity contribution in [1.82, 2.24) is 5.43 Å². The van der Waals surface area contributed by atoms with E-state index in [-0.39, 0.29) is 12.4 Å². The van der Waals surface area contributed by atoms with Gasteiger partial charge in [0.2, 0.25) is 0 Å². The van der Waals surface area contributed by atoms with Gasteiger partial charge in [0.15, 0.2) is 11.5 Å². The number of anilines is 1. The van der Waals surface area contributed by atoms with Gasteiger partial charge in [0.25, 0.3) is 0 Å². The number of rotatable bonds is 7. The van der Waals surface area contributed by atoms with Crippen LogP contribution in [0.2, 0.25) is 0 Å². The smallest absolute Gasteiger partial charge is 0.329 e. The van der Waals surface area contributed by atoms with Crippen LogP contribution in [0.1, 0.15) is 23.6 Å². The minimum atomic E-state index is -0.897. The lowest BCUT2D eigenvalue weighted by molar-refractivity contribution is -0.136. The first-order chi connectivity index (χ1) is 15.9. The first-order valence-corrected chi connectivity index (χ1v) is 10.1. The van der Waals surface area contributed by atoms with Crippen LogP contribution in [-0.2, 0) is 16.2 Å². The Morgan fingerprint density at radius 2 is 1.70 bits per heavy atom. The Morgan fingerprint density at radius 3 is 2.39 bits per heavy atom. The molecule has 0 aliphatic rings. The van der Waals surface area contributed by atoms with E-state index >= 15 is 0 Å². The fourth-order valence-electron chi connectivity index (χ4n) is 2.86. The van der Waals surface area contributed by atoms with E-state index in [4.69, 9.17) is 9.47 Å². The van der Waals surface area contributed by atoms with E-state index in [0.29, 0.717) is 34.0 Å². The normalized spacial score (nSPS) is 11.0. The van der Waals surface area contributed by atoms with Crippen LogP contribution in [0.4, 0.5) is 10.1 Å². The van der Waals surface area contributed by atoms with Crippen molar-refractivity contribution >= 4 is 23.2 Å². The van der Waals surface area contributed by atoms with E-state index in [1.165, 1.54) is 13.2 Å². The zero-order chi connectivity index (χ0) is 23.8. The van der Waals surface area contributed by atoms with Gasteiger partial charge in [-0.1, -0.05) is 35.9 Å². The van der Waals surface area contributed by atoms with Crippen LogP contribution < -0.4 is 20.2 Å². The Balaban J connectivity index is 1.63. The van der Waals surface area contributed by atoms with E-state index < -0.39 is 11.8 Å². The molecule has 8 heteroatoms. The number of nitrogens with one attached hydrogen (secondary N) is 2. The number of methoxy groups -OCH3 is 1. The number of benzene rings is 3. The lowest BCUT2D eigenvalue weighted by Crippen LogP contribution is -2.32. The van der Waals surface area contributed by atoms with Gasteiger partial charge in [-0.25, -0.2) is 9.82 Å². The van der Waals surface area contributed by atoms with Gasteiger partial charge in [-0.3, -0.25) is 9.59 Å². The predicted molar refractivity (Wildman–Crippen MR) is 124 cm³/mol. The van der Waals surface area contributed by atoms with Crippen LogP contribution in [0.15, 0.2) is 71.8 Å². The maximum absolute atomic E-state index is 13.8. The summed E-state index contributed by atoms with van der Waals surface area (Å²) in [5, 5.41) is 6.50. The van der Waals surface area contributed by atoms with Crippen molar-refractivity contribution in [3.8, 4) is 11.5 Å². The molecule has 33 heavy (non-hydrogen) atoms. The SMILES string of the molecule is COc1cc(/C(C)=N/NC(=O)C(=O)Nc2ccc(C)cc2)ccc1OCc1ccccc1F. The molecular formula is C25H24FN3O4. The minimum absolute atomic E-state index is 0.0433. The molecule has 0 unspecified atom stereocenters. The van der Waals surface area contributed by atoms with E-state index in [2.05, 4.69) is 15.8 Å². The largest absolute Gasteiger partial charge is 0.493 e. The molecule has 0 aliphatic heterocycles. The number of carbonyl (C=O) groups is 2. The zero-order valence-electron chi connectivity index (χ0n) is 18.5. The molecule has 0 saturated heterocycles. The van der Waals surface area contributed by atoms with Crippen LogP contribution in [0.5, 0.6) is 11.5 Å². The third-order valence-electron chi connectivity index (χ3n) is 4.76. The summed E-state index contributed by atoms with van der Waals surface area (Å²) < 4.78 is 24.9. The molecule has 0 saturated carbocycles. The topological polar surface area (TPSA) is 89.0 Å². The number of hydrogen-bond donors (Lipinski definition) is 2. The summed E-state index contributed by atoms with van der Waals surface area (Å²) in [6, 6.07) is 18.5. The molecule has 170 valence electrons. The molecule has 0 radical (unpaired) electrons. The molecule has 2 N–H and O–H groups in total. The van der Waals surface area contributed by atoms with Crippen molar-refractivity contribution in [2.45, 2.75) is 20.5 Å². The highest BCUT2D eigenvalue weighted by molar-refractivity contribution is 6.39. The Morgan fingerprint density at radius 1 is 0.970 bits per heavy atom. The molecule has 0 spiro atoms. The third kappa shape index (κ3) is 6.39. The van der Waals surface area contributed by atoms with Gasteiger partial charge in [-0.15, -0.1) is 0 Å². The summed E-state index contributed by atoms with van der Waals surface area (Å²) in [4.78, 5) is 24.1. The van der Waals surface area contributed by atoms with Gasteiger partial charge in [-0.2, -0.15) is 5.10 Å². The number of aryl methyl sites for hydroxylation is 1. The van der Waals surface area contributed by atoms with Crippen LogP contribution >= 0.6 is 0 Å².